The highest BCUT2D eigenvalue weighted by Gasteiger charge is 2.18. The third kappa shape index (κ3) is 3.72. The molecule has 1 saturated heterocycles. The molecule has 0 aliphatic carbocycles. The monoisotopic (exact) mass is 371 g/mol. The Morgan fingerprint density at radius 2 is 1.74 bits per heavy atom. The summed E-state index contributed by atoms with van der Waals surface area (Å²) in [6, 6.07) is 4.86. The van der Waals surface area contributed by atoms with Gasteiger partial charge in [-0.25, -0.2) is 14.8 Å². The molecule has 1 aromatic carbocycles. The summed E-state index contributed by atoms with van der Waals surface area (Å²) in [4.78, 5) is 23.6. The SMILES string of the molecule is Cc1nc(N2CCOCC2)nc(C)c1NC(=O)Nc1ccc2c(c1)OCO2. The molecule has 2 aliphatic rings. The number of carbonyl (C=O) groups is 1. The lowest BCUT2D eigenvalue weighted by molar-refractivity contribution is 0.122. The van der Waals surface area contributed by atoms with Crippen LogP contribution in [0.2, 0.25) is 0 Å². The van der Waals surface area contributed by atoms with Crippen molar-refractivity contribution in [3.8, 4) is 11.5 Å². The van der Waals surface area contributed by atoms with Crippen molar-refractivity contribution in [2.75, 3.05) is 48.6 Å². The molecule has 1 aromatic heterocycles. The summed E-state index contributed by atoms with van der Waals surface area (Å²) in [6.07, 6.45) is 0. The van der Waals surface area contributed by atoms with E-state index in [-0.39, 0.29) is 12.8 Å². The third-order valence-electron chi connectivity index (χ3n) is 4.42. The van der Waals surface area contributed by atoms with Crippen molar-refractivity contribution in [2.24, 2.45) is 0 Å². The van der Waals surface area contributed by atoms with Crippen molar-refractivity contribution < 1.29 is 19.0 Å². The number of anilines is 3. The standard InChI is InChI=1S/C18H21N5O4/c1-11-16(12(2)20-17(19-11)23-5-7-25-8-6-23)22-18(24)21-13-3-4-14-15(9-13)27-10-26-14/h3-4,9H,5-8,10H2,1-2H3,(H2,21,22,24). The number of nitrogens with one attached hydrogen (secondary N) is 2. The van der Waals surface area contributed by atoms with E-state index in [4.69, 9.17) is 14.2 Å². The van der Waals surface area contributed by atoms with Crippen LogP contribution >= 0.6 is 0 Å². The first-order valence-electron chi connectivity index (χ1n) is 8.76. The van der Waals surface area contributed by atoms with Crippen LogP contribution in [0, 0.1) is 13.8 Å². The number of amides is 2. The van der Waals surface area contributed by atoms with Gasteiger partial charge in [0.1, 0.15) is 0 Å². The maximum Gasteiger partial charge on any atom is 0.323 e. The number of hydrogen-bond acceptors (Lipinski definition) is 7. The lowest BCUT2D eigenvalue weighted by Gasteiger charge is -2.27. The van der Waals surface area contributed by atoms with Gasteiger partial charge in [0, 0.05) is 24.8 Å². The van der Waals surface area contributed by atoms with Crippen molar-refractivity contribution in [1.82, 2.24) is 9.97 Å². The van der Waals surface area contributed by atoms with E-state index < -0.39 is 0 Å². The average molecular weight is 371 g/mol. The molecule has 0 saturated carbocycles. The molecule has 2 N–H and O–H groups in total. The summed E-state index contributed by atoms with van der Waals surface area (Å²) < 4.78 is 16.0. The number of ether oxygens (including phenoxy) is 3. The molecule has 0 unspecified atom stereocenters. The van der Waals surface area contributed by atoms with Crippen LogP contribution in [0.1, 0.15) is 11.4 Å². The van der Waals surface area contributed by atoms with Gasteiger partial charge in [-0.05, 0) is 26.0 Å². The number of nitrogens with zero attached hydrogens (tertiary/aromatic N) is 3. The predicted octanol–water partition coefficient (Wildman–Crippen LogP) is 2.30. The number of urea groups is 1. The third-order valence-corrected chi connectivity index (χ3v) is 4.42. The van der Waals surface area contributed by atoms with Gasteiger partial charge in [-0.3, -0.25) is 0 Å². The Bertz CT molecular complexity index is 844. The Labute approximate surface area is 156 Å². The lowest BCUT2D eigenvalue weighted by Crippen LogP contribution is -2.37. The molecular weight excluding hydrogens is 350 g/mol. The molecule has 9 heteroatoms. The summed E-state index contributed by atoms with van der Waals surface area (Å²) in [5.41, 5.74) is 2.64. The molecule has 2 amide bonds. The Morgan fingerprint density at radius 3 is 2.48 bits per heavy atom. The normalized spacial score (nSPS) is 15.6. The van der Waals surface area contributed by atoms with E-state index in [1.54, 1.807) is 18.2 Å². The maximum absolute atomic E-state index is 12.4. The quantitative estimate of drug-likeness (QED) is 0.854. The molecule has 0 spiro atoms. The fourth-order valence-corrected chi connectivity index (χ4v) is 3.03. The minimum absolute atomic E-state index is 0.191. The van der Waals surface area contributed by atoms with E-state index in [9.17, 15) is 4.79 Å². The number of morpholine rings is 1. The Balaban J connectivity index is 1.46. The van der Waals surface area contributed by atoms with Crippen LogP contribution in [0.15, 0.2) is 18.2 Å². The Hall–Kier alpha value is -3.07. The second kappa shape index (κ2) is 7.28. The second-order valence-corrected chi connectivity index (χ2v) is 6.32. The fraction of sp³-hybridized carbons (Fsp3) is 0.389. The van der Waals surface area contributed by atoms with Crippen LogP contribution < -0.4 is 25.0 Å². The minimum Gasteiger partial charge on any atom is -0.454 e. The second-order valence-electron chi connectivity index (χ2n) is 6.32. The van der Waals surface area contributed by atoms with Crippen LogP contribution in [-0.4, -0.2) is 49.1 Å². The highest BCUT2D eigenvalue weighted by atomic mass is 16.7. The predicted molar refractivity (Wildman–Crippen MR) is 99.7 cm³/mol. The van der Waals surface area contributed by atoms with Crippen molar-refractivity contribution in [3.63, 3.8) is 0 Å². The zero-order valence-electron chi connectivity index (χ0n) is 15.2. The van der Waals surface area contributed by atoms with Crippen molar-refractivity contribution in [1.29, 1.82) is 0 Å². The number of carbonyl (C=O) groups excluding carboxylic acids is 1. The summed E-state index contributed by atoms with van der Waals surface area (Å²) in [5.74, 6) is 1.94. The topological polar surface area (TPSA) is 97.8 Å². The Morgan fingerprint density at radius 1 is 1.04 bits per heavy atom. The van der Waals surface area contributed by atoms with Gasteiger partial charge in [0.15, 0.2) is 11.5 Å². The highest BCUT2D eigenvalue weighted by Crippen LogP contribution is 2.34. The molecule has 142 valence electrons. The van der Waals surface area contributed by atoms with Gasteiger partial charge in [0.25, 0.3) is 0 Å². The molecule has 27 heavy (non-hydrogen) atoms. The van der Waals surface area contributed by atoms with Crippen LogP contribution in [0.4, 0.5) is 22.1 Å². The minimum atomic E-state index is -0.372. The zero-order chi connectivity index (χ0) is 18.8. The van der Waals surface area contributed by atoms with E-state index >= 15 is 0 Å². The van der Waals surface area contributed by atoms with E-state index in [0.717, 1.165) is 13.1 Å². The number of fused-ring (bicyclic) bond motifs is 1. The molecule has 2 aliphatic heterocycles. The average Bonchev–Trinajstić information content (AvgIpc) is 3.13. The Kier molecular flexibility index (Phi) is 4.68. The molecule has 3 heterocycles. The van der Waals surface area contributed by atoms with Gasteiger partial charge >= 0.3 is 6.03 Å². The molecule has 0 atom stereocenters. The molecule has 2 aromatic rings. The summed E-state index contributed by atoms with van der Waals surface area (Å²) in [5, 5.41) is 5.62. The van der Waals surface area contributed by atoms with Crippen molar-refractivity contribution in [2.45, 2.75) is 13.8 Å². The van der Waals surface area contributed by atoms with E-state index in [1.807, 2.05) is 13.8 Å². The maximum atomic E-state index is 12.4. The first-order valence-corrected chi connectivity index (χ1v) is 8.76. The highest BCUT2D eigenvalue weighted by molar-refractivity contribution is 6.00. The van der Waals surface area contributed by atoms with Gasteiger partial charge in [0.05, 0.1) is 30.3 Å². The number of hydrogen-bond donors (Lipinski definition) is 2. The molecule has 0 bridgehead atoms. The largest absolute Gasteiger partial charge is 0.454 e. The van der Waals surface area contributed by atoms with Gasteiger partial charge < -0.3 is 29.7 Å². The summed E-state index contributed by atoms with van der Waals surface area (Å²) in [6.45, 7) is 6.76. The van der Waals surface area contributed by atoms with Gasteiger partial charge in [-0.15, -0.1) is 0 Å². The molecule has 0 radical (unpaired) electrons. The van der Waals surface area contributed by atoms with Gasteiger partial charge in [-0.2, -0.15) is 0 Å². The summed E-state index contributed by atoms with van der Waals surface area (Å²) in [7, 11) is 0. The number of aromatic nitrogens is 2. The smallest absolute Gasteiger partial charge is 0.323 e. The first-order chi connectivity index (χ1) is 13.1. The molecular formula is C18H21N5O4. The van der Waals surface area contributed by atoms with Crippen LogP contribution in [0.5, 0.6) is 11.5 Å². The van der Waals surface area contributed by atoms with Crippen molar-refractivity contribution >= 4 is 23.4 Å². The first kappa shape index (κ1) is 17.3. The lowest BCUT2D eigenvalue weighted by atomic mass is 10.2. The van der Waals surface area contributed by atoms with Crippen LogP contribution in [-0.2, 0) is 4.74 Å². The van der Waals surface area contributed by atoms with Gasteiger partial charge in [0.2, 0.25) is 12.7 Å². The number of aryl methyl sites for hydroxylation is 2. The molecule has 1 fully saturated rings. The fourth-order valence-electron chi connectivity index (χ4n) is 3.03. The molecule has 9 nitrogen and oxygen atoms in total. The number of rotatable bonds is 3. The van der Waals surface area contributed by atoms with Crippen LogP contribution in [0.25, 0.3) is 0 Å². The molecule has 4 rings (SSSR count). The zero-order valence-corrected chi connectivity index (χ0v) is 15.2. The van der Waals surface area contributed by atoms with Crippen molar-refractivity contribution in [3.05, 3.63) is 29.6 Å². The summed E-state index contributed by atoms with van der Waals surface area (Å²) >= 11 is 0. The number of benzene rings is 1. The van der Waals surface area contributed by atoms with E-state index in [1.165, 1.54) is 0 Å². The van der Waals surface area contributed by atoms with E-state index in [0.29, 0.717) is 53.4 Å². The van der Waals surface area contributed by atoms with Crippen LogP contribution in [0.3, 0.4) is 0 Å². The van der Waals surface area contributed by atoms with Gasteiger partial charge in [-0.1, -0.05) is 0 Å². The van der Waals surface area contributed by atoms with E-state index in [2.05, 4.69) is 25.5 Å².